The molecule has 0 radical (unpaired) electrons. The zero-order chi connectivity index (χ0) is 13.3. The fraction of sp³-hybridized carbons (Fsp3) is 0.0909. The molecule has 1 amide bonds. The Morgan fingerprint density at radius 1 is 1.44 bits per heavy atom. The number of H-pyrrole nitrogens is 1. The van der Waals surface area contributed by atoms with Gasteiger partial charge in [0, 0.05) is 0 Å². The van der Waals surface area contributed by atoms with Crippen molar-refractivity contribution in [3.8, 4) is 0 Å². The molecule has 0 saturated heterocycles. The maximum atomic E-state index is 11.9. The number of carbonyl (C=O) groups excluding carboxylic acids is 1. The predicted octanol–water partition coefficient (Wildman–Crippen LogP) is 2.86. The maximum Gasteiger partial charge on any atom is 0.261 e. The Labute approximate surface area is 113 Å². The van der Waals surface area contributed by atoms with Crippen LogP contribution < -0.4 is 11.1 Å². The molecule has 1 aromatic heterocycles. The van der Waals surface area contributed by atoms with Crippen LogP contribution in [0.4, 0.5) is 11.5 Å². The molecule has 0 aliphatic rings. The molecule has 0 atom stereocenters. The molecule has 0 fully saturated rings. The van der Waals surface area contributed by atoms with Crippen molar-refractivity contribution in [2.24, 2.45) is 0 Å². The highest BCUT2D eigenvalue weighted by Crippen LogP contribution is 2.33. The van der Waals surface area contributed by atoms with E-state index >= 15 is 0 Å². The number of aromatic amines is 1. The standard InChI is InChI=1S/C11H10Cl2N4O/c1-5-2-3-7(12)9(8(5)13)16-11(18)6-4-15-17-10(6)14/h2-4H,1H3,(H,16,18)(H3,14,15,17). The van der Waals surface area contributed by atoms with Gasteiger partial charge in [0.25, 0.3) is 5.91 Å². The number of hydrogen-bond acceptors (Lipinski definition) is 3. The van der Waals surface area contributed by atoms with Gasteiger partial charge in [0.15, 0.2) is 0 Å². The summed E-state index contributed by atoms with van der Waals surface area (Å²) in [5, 5.41) is 9.53. The molecule has 0 bridgehead atoms. The van der Waals surface area contributed by atoms with Crippen LogP contribution in [0.2, 0.25) is 10.0 Å². The van der Waals surface area contributed by atoms with E-state index in [-0.39, 0.29) is 11.4 Å². The first kappa shape index (κ1) is 12.7. The lowest BCUT2D eigenvalue weighted by Crippen LogP contribution is -2.13. The first-order valence-electron chi connectivity index (χ1n) is 5.05. The lowest BCUT2D eigenvalue weighted by molar-refractivity contribution is 0.102. The van der Waals surface area contributed by atoms with Gasteiger partial charge in [0.05, 0.1) is 21.9 Å². The van der Waals surface area contributed by atoms with E-state index < -0.39 is 5.91 Å². The maximum absolute atomic E-state index is 11.9. The number of amides is 1. The highest BCUT2D eigenvalue weighted by atomic mass is 35.5. The van der Waals surface area contributed by atoms with Crippen molar-refractivity contribution in [1.82, 2.24) is 10.2 Å². The quantitative estimate of drug-likeness (QED) is 0.793. The van der Waals surface area contributed by atoms with Crippen LogP contribution >= 0.6 is 23.2 Å². The number of hydrogen-bond donors (Lipinski definition) is 3. The number of aromatic nitrogens is 2. The minimum atomic E-state index is -0.421. The molecular weight excluding hydrogens is 275 g/mol. The molecule has 1 aromatic carbocycles. The average Bonchev–Trinajstić information content (AvgIpc) is 2.76. The molecule has 7 heteroatoms. The summed E-state index contributed by atoms with van der Waals surface area (Å²) in [6.07, 6.45) is 1.34. The molecule has 4 N–H and O–H groups in total. The summed E-state index contributed by atoms with van der Waals surface area (Å²) in [6.45, 7) is 1.82. The van der Waals surface area contributed by atoms with Gasteiger partial charge in [0.2, 0.25) is 0 Å². The topological polar surface area (TPSA) is 83.8 Å². The molecule has 1 heterocycles. The van der Waals surface area contributed by atoms with E-state index in [0.717, 1.165) is 5.56 Å². The number of halogens is 2. The van der Waals surface area contributed by atoms with E-state index in [4.69, 9.17) is 28.9 Å². The van der Waals surface area contributed by atoms with Gasteiger partial charge in [-0.2, -0.15) is 5.10 Å². The second kappa shape index (κ2) is 4.88. The minimum absolute atomic E-state index is 0.187. The lowest BCUT2D eigenvalue weighted by atomic mass is 10.2. The van der Waals surface area contributed by atoms with Crippen LogP contribution in [0.15, 0.2) is 18.3 Å². The third-order valence-corrected chi connectivity index (χ3v) is 3.24. The summed E-state index contributed by atoms with van der Waals surface area (Å²) in [6, 6.07) is 3.43. The van der Waals surface area contributed by atoms with E-state index in [1.807, 2.05) is 6.92 Å². The summed E-state index contributed by atoms with van der Waals surface area (Å²) >= 11 is 12.1. The van der Waals surface area contributed by atoms with E-state index in [1.165, 1.54) is 6.20 Å². The van der Waals surface area contributed by atoms with Crippen LogP contribution in [0.3, 0.4) is 0 Å². The van der Waals surface area contributed by atoms with Gasteiger partial charge >= 0.3 is 0 Å². The monoisotopic (exact) mass is 284 g/mol. The van der Waals surface area contributed by atoms with Crippen molar-refractivity contribution in [3.63, 3.8) is 0 Å². The minimum Gasteiger partial charge on any atom is -0.383 e. The fourth-order valence-corrected chi connectivity index (χ4v) is 1.89. The zero-order valence-corrected chi connectivity index (χ0v) is 10.9. The number of nitrogens with zero attached hydrogens (tertiary/aromatic N) is 1. The molecule has 0 aliphatic carbocycles. The summed E-state index contributed by atoms with van der Waals surface area (Å²) in [5.41, 5.74) is 6.98. The summed E-state index contributed by atoms with van der Waals surface area (Å²) in [7, 11) is 0. The lowest BCUT2D eigenvalue weighted by Gasteiger charge is -2.10. The Morgan fingerprint density at radius 2 is 2.17 bits per heavy atom. The van der Waals surface area contributed by atoms with Crippen LogP contribution in [-0.4, -0.2) is 16.1 Å². The van der Waals surface area contributed by atoms with Gasteiger partial charge in [0.1, 0.15) is 11.4 Å². The van der Waals surface area contributed by atoms with Gasteiger partial charge in [-0.25, -0.2) is 0 Å². The molecule has 0 spiro atoms. The normalized spacial score (nSPS) is 10.4. The van der Waals surface area contributed by atoms with Crippen molar-refractivity contribution in [2.75, 3.05) is 11.1 Å². The van der Waals surface area contributed by atoms with Crippen molar-refractivity contribution in [1.29, 1.82) is 0 Å². The Morgan fingerprint density at radius 3 is 2.78 bits per heavy atom. The van der Waals surface area contributed by atoms with Crippen molar-refractivity contribution < 1.29 is 4.79 Å². The van der Waals surface area contributed by atoms with E-state index in [1.54, 1.807) is 12.1 Å². The number of anilines is 2. The molecule has 2 rings (SSSR count). The Bertz CT molecular complexity index is 609. The van der Waals surface area contributed by atoms with Crippen molar-refractivity contribution in [2.45, 2.75) is 6.92 Å². The molecule has 0 saturated carbocycles. The molecule has 94 valence electrons. The van der Waals surface area contributed by atoms with Crippen molar-refractivity contribution in [3.05, 3.63) is 39.5 Å². The smallest absolute Gasteiger partial charge is 0.261 e. The Hall–Kier alpha value is -1.72. The van der Waals surface area contributed by atoms with Gasteiger partial charge in [-0.3, -0.25) is 9.89 Å². The van der Waals surface area contributed by atoms with Gasteiger partial charge in [-0.1, -0.05) is 29.3 Å². The van der Waals surface area contributed by atoms with Gasteiger partial charge in [-0.05, 0) is 18.6 Å². The fourth-order valence-electron chi connectivity index (χ4n) is 1.43. The first-order chi connectivity index (χ1) is 8.50. The summed E-state index contributed by atoms with van der Waals surface area (Å²) in [5.74, 6) is -0.233. The first-order valence-corrected chi connectivity index (χ1v) is 5.81. The van der Waals surface area contributed by atoms with Crippen LogP contribution in [0.5, 0.6) is 0 Å². The van der Waals surface area contributed by atoms with E-state index in [9.17, 15) is 4.79 Å². The third kappa shape index (κ3) is 2.27. The molecule has 0 unspecified atom stereocenters. The molecule has 0 aliphatic heterocycles. The SMILES string of the molecule is Cc1ccc(Cl)c(NC(=O)c2cn[nH]c2N)c1Cl. The average molecular weight is 285 g/mol. The van der Waals surface area contributed by atoms with Crippen LogP contribution in [-0.2, 0) is 0 Å². The zero-order valence-electron chi connectivity index (χ0n) is 9.42. The molecular formula is C11H10Cl2N4O. The predicted molar refractivity (Wildman–Crippen MR) is 72.2 cm³/mol. The number of carbonyl (C=O) groups is 1. The van der Waals surface area contributed by atoms with Crippen LogP contribution in [0.25, 0.3) is 0 Å². The molecule has 2 aromatic rings. The van der Waals surface area contributed by atoms with Crippen molar-refractivity contribution >= 4 is 40.6 Å². The molecule has 18 heavy (non-hydrogen) atoms. The summed E-state index contributed by atoms with van der Waals surface area (Å²) in [4.78, 5) is 11.9. The van der Waals surface area contributed by atoms with Gasteiger partial charge in [-0.15, -0.1) is 0 Å². The number of nitrogens with one attached hydrogen (secondary N) is 2. The number of nitrogen functional groups attached to an aromatic ring is 1. The number of benzene rings is 1. The largest absolute Gasteiger partial charge is 0.383 e. The third-order valence-electron chi connectivity index (χ3n) is 2.44. The summed E-state index contributed by atoms with van der Waals surface area (Å²) < 4.78 is 0. The molecule has 5 nitrogen and oxygen atoms in total. The van der Waals surface area contributed by atoms with E-state index in [0.29, 0.717) is 15.7 Å². The van der Waals surface area contributed by atoms with Crippen LogP contribution in [0, 0.1) is 6.92 Å². The van der Waals surface area contributed by atoms with Crippen LogP contribution in [0.1, 0.15) is 15.9 Å². The number of aryl methyl sites for hydroxylation is 1. The van der Waals surface area contributed by atoms with E-state index in [2.05, 4.69) is 15.5 Å². The number of rotatable bonds is 2. The number of nitrogens with two attached hydrogens (primary N) is 1. The Kier molecular flexibility index (Phi) is 3.45. The Balaban J connectivity index is 2.33. The second-order valence-electron chi connectivity index (χ2n) is 3.70. The highest BCUT2D eigenvalue weighted by molar-refractivity contribution is 6.40. The highest BCUT2D eigenvalue weighted by Gasteiger charge is 2.16. The van der Waals surface area contributed by atoms with Gasteiger partial charge < -0.3 is 11.1 Å². The second-order valence-corrected chi connectivity index (χ2v) is 4.49.